The van der Waals surface area contributed by atoms with E-state index in [0.29, 0.717) is 42.7 Å². The molecule has 7 heteroatoms. The van der Waals surface area contributed by atoms with Gasteiger partial charge in [-0.2, -0.15) is 0 Å². The molecule has 4 aromatic rings. The van der Waals surface area contributed by atoms with Gasteiger partial charge in [0.05, 0.1) is 10.9 Å². The van der Waals surface area contributed by atoms with Crippen molar-refractivity contribution < 1.29 is 4.79 Å². The van der Waals surface area contributed by atoms with E-state index < -0.39 is 0 Å². The summed E-state index contributed by atoms with van der Waals surface area (Å²) in [7, 11) is 0. The van der Waals surface area contributed by atoms with Gasteiger partial charge < -0.3 is 15.5 Å². The van der Waals surface area contributed by atoms with Gasteiger partial charge in [0.15, 0.2) is 0 Å². The van der Waals surface area contributed by atoms with Crippen molar-refractivity contribution in [1.29, 1.82) is 0 Å². The van der Waals surface area contributed by atoms with E-state index in [2.05, 4.69) is 10.6 Å². The number of nitrogens with one attached hydrogen (secondary N) is 2. The lowest BCUT2D eigenvalue weighted by atomic mass is 10.1. The number of fused-ring (bicyclic) bond motifs is 3. The maximum absolute atomic E-state index is 13.1. The van der Waals surface area contributed by atoms with Crippen LogP contribution in [0.15, 0.2) is 59.5 Å². The Labute approximate surface area is 167 Å². The van der Waals surface area contributed by atoms with Crippen molar-refractivity contribution in [2.75, 3.05) is 26.2 Å². The van der Waals surface area contributed by atoms with Crippen LogP contribution in [0, 0.1) is 0 Å². The van der Waals surface area contributed by atoms with Gasteiger partial charge in [-0.1, -0.05) is 30.3 Å². The van der Waals surface area contributed by atoms with Crippen molar-refractivity contribution in [1.82, 2.24) is 24.9 Å². The molecule has 3 heterocycles. The Morgan fingerprint density at radius 2 is 1.90 bits per heavy atom. The first-order chi connectivity index (χ1) is 14.2. The average molecular weight is 387 g/mol. The molecule has 7 nitrogen and oxygen atoms in total. The number of carbonyl (C=O) groups excluding carboxylic acids is 1. The minimum absolute atomic E-state index is 0.0103. The van der Waals surface area contributed by atoms with Gasteiger partial charge >= 0.3 is 6.03 Å². The van der Waals surface area contributed by atoms with E-state index in [0.717, 1.165) is 22.9 Å². The zero-order valence-corrected chi connectivity index (χ0v) is 15.9. The van der Waals surface area contributed by atoms with Crippen LogP contribution in [0.5, 0.6) is 0 Å². The molecule has 0 bridgehead atoms. The molecule has 0 atom stereocenters. The molecule has 1 aliphatic rings. The Kier molecular flexibility index (Phi) is 4.37. The molecule has 0 saturated carbocycles. The lowest BCUT2D eigenvalue weighted by Gasteiger charge is -2.15. The fourth-order valence-corrected chi connectivity index (χ4v) is 3.87. The van der Waals surface area contributed by atoms with Crippen molar-refractivity contribution in [3.63, 3.8) is 0 Å². The molecule has 0 aliphatic carbocycles. The Balaban J connectivity index is 1.47. The monoisotopic (exact) mass is 387 g/mol. The highest BCUT2D eigenvalue weighted by atomic mass is 16.2. The van der Waals surface area contributed by atoms with Gasteiger partial charge in [-0.25, -0.2) is 9.78 Å². The largest absolute Gasteiger partial charge is 0.336 e. The molecule has 1 saturated heterocycles. The number of carbonyl (C=O) groups is 1. The molecule has 5 rings (SSSR count). The molecule has 2 N–H and O–H groups in total. The second-order valence-corrected chi connectivity index (χ2v) is 7.26. The molecule has 0 unspecified atom stereocenters. The van der Waals surface area contributed by atoms with Crippen LogP contribution in [-0.2, 0) is 6.54 Å². The zero-order chi connectivity index (χ0) is 19.8. The number of nitrogens with zero attached hydrogens (tertiary/aromatic N) is 3. The molecule has 2 aromatic heterocycles. The average Bonchev–Trinajstić information content (AvgIpc) is 3.15. The van der Waals surface area contributed by atoms with Crippen LogP contribution >= 0.6 is 0 Å². The Morgan fingerprint density at radius 1 is 1.07 bits per heavy atom. The van der Waals surface area contributed by atoms with E-state index >= 15 is 0 Å². The zero-order valence-electron chi connectivity index (χ0n) is 15.9. The summed E-state index contributed by atoms with van der Waals surface area (Å²) in [5.41, 5.74) is 2.25. The summed E-state index contributed by atoms with van der Waals surface area (Å²) in [6.07, 6.45) is 1.76. The van der Waals surface area contributed by atoms with E-state index in [1.165, 1.54) is 0 Å². The fourth-order valence-electron chi connectivity index (χ4n) is 3.87. The van der Waals surface area contributed by atoms with E-state index in [1.54, 1.807) is 15.5 Å². The smallest absolute Gasteiger partial charge is 0.317 e. The molecule has 146 valence electrons. The van der Waals surface area contributed by atoms with Crippen LogP contribution in [0.25, 0.3) is 27.3 Å². The Morgan fingerprint density at radius 3 is 2.69 bits per heavy atom. The topological polar surface area (TPSA) is 78.7 Å². The van der Waals surface area contributed by atoms with Crippen molar-refractivity contribution >= 4 is 33.4 Å². The van der Waals surface area contributed by atoms with E-state index in [9.17, 15) is 9.59 Å². The van der Waals surface area contributed by atoms with Crippen molar-refractivity contribution in [3.8, 4) is 0 Å². The van der Waals surface area contributed by atoms with Crippen LogP contribution in [-0.4, -0.2) is 46.5 Å². The number of hydrogen-bond donors (Lipinski definition) is 2. The second-order valence-electron chi connectivity index (χ2n) is 7.26. The third-order valence-electron chi connectivity index (χ3n) is 5.41. The fraction of sp³-hybridized carbons (Fsp3) is 0.227. The summed E-state index contributed by atoms with van der Waals surface area (Å²) in [6.45, 7) is 3.35. The van der Waals surface area contributed by atoms with Crippen LogP contribution in [0.1, 0.15) is 5.56 Å². The molecular weight excluding hydrogens is 366 g/mol. The highest BCUT2D eigenvalue weighted by molar-refractivity contribution is 5.96. The third-order valence-corrected chi connectivity index (χ3v) is 5.41. The van der Waals surface area contributed by atoms with Gasteiger partial charge in [-0.15, -0.1) is 0 Å². The lowest BCUT2D eigenvalue weighted by Crippen LogP contribution is -2.34. The predicted octanol–water partition coefficient (Wildman–Crippen LogP) is 2.12. The lowest BCUT2D eigenvalue weighted by molar-refractivity contribution is 0.217. The molecule has 2 aromatic carbocycles. The highest BCUT2D eigenvalue weighted by Gasteiger charge is 2.18. The van der Waals surface area contributed by atoms with Gasteiger partial charge in [0.2, 0.25) is 0 Å². The molecule has 0 radical (unpaired) electrons. The number of aromatic nitrogens is 2. The SMILES string of the molecule is O=C1NCCN1CCNCc1cccn2c(=O)c3cc4ccccc4cc3nc12. The first-order valence-corrected chi connectivity index (χ1v) is 9.77. The van der Waals surface area contributed by atoms with Crippen LogP contribution in [0.2, 0.25) is 0 Å². The number of urea groups is 1. The molecule has 29 heavy (non-hydrogen) atoms. The van der Waals surface area contributed by atoms with Crippen molar-refractivity contribution in [2.45, 2.75) is 6.54 Å². The third kappa shape index (κ3) is 3.19. The van der Waals surface area contributed by atoms with Crippen LogP contribution in [0.4, 0.5) is 4.79 Å². The van der Waals surface area contributed by atoms with Crippen molar-refractivity contribution in [3.05, 3.63) is 70.6 Å². The van der Waals surface area contributed by atoms with Gasteiger partial charge in [0, 0.05) is 44.5 Å². The first-order valence-electron chi connectivity index (χ1n) is 9.77. The molecule has 1 fully saturated rings. The van der Waals surface area contributed by atoms with Crippen LogP contribution < -0.4 is 16.2 Å². The summed E-state index contributed by atoms with van der Waals surface area (Å²) in [5.74, 6) is 0. The summed E-state index contributed by atoms with van der Waals surface area (Å²) >= 11 is 0. The van der Waals surface area contributed by atoms with Crippen LogP contribution in [0.3, 0.4) is 0 Å². The Hall–Kier alpha value is -3.45. The Bertz CT molecular complexity index is 1300. The molecule has 0 spiro atoms. The normalized spacial score (nSPS) is 14.2. The van der Waals surface area contributed by atoms with Crippen molar-refractivity contribution in [2.24, 2.45) is 0 Å². The molecular formula is C22H21N5O2. The van der Waals surface area contributed by atoms with E-state index in [4.69, 9.17) is 4.98 Å². The quantitative estimate of drug-likeness (QED) is 0.406. The second kappa shape index (κ2) is 7.18. The van der Waals surface area contributed by atoms with E-state index in [-0.39, 0.29) is 11.6 Å². The maximum atomic E-state index is 13.1. The highest BCUT2D eigenvalue weighted by Crippen LogP contribution is 2.20. The van der Waals surface area contributed by atoms with Gasteiger partial charge in [0.1, 0.15) is 5.65 Å². The number of hydrogen-bond acceptors (Lipinski definition) is 4. The molecule has 1 aliphatic heterocycles. The number of amides is 2. The predicted molar refractivity (Wildman–Crippen MR) is 113 cm³/mol. The first kappa shape index (κ1) is 17.6. The standard InChI is InChI=1S/C22H21N5O2/c28-21-18-12-15-4-1-2-5-16(15)13-19(18)25-20-17(6-3-9-27(20)21)14-23-7-10-26-11-8-24-22(26)29/h1-6,9,12-13,23H,7-8,10-11,14H2,(H,24,29). The minimum atomic E-state index is -0.0636. The van der Waals surface area contributed by atoms with Gasteiger partial charge in [0.25, 0.3) is 5.56 Å². The number of rotatable bonds is 5. The summed E-state index contributed by atoms with van der Waals surface area (Å²) in [5, 5.41) is 8.87. The van der Waals surface area contributed by atoms with E-state index in [1.807, 2.05) is 48.5 Å². The minimum Gasteiger partial charge on any atom is -0.336 e. The van der Waals surface area contributed by atoms with Gasteiger partial charge in [-0.3, -0.25) is 9.20 Å². The number of pyridine rings is 1. The molecule has 2 amide bonds. The summed E-state index contributed by atoms with van der Waals surface area (Å²) in [6, 6.07) is 15.7. The van der Waals surface area contributed by atoms with Gasteiger partial charge in [-0.05, 0) is 29.0 Å². The summed E-state index contributed by atoms with van der Waals surface area (Å²) < 4.78 is 1.61. The summed E-state index contributed by atoms with van der Waals surface area (Å²) in [4.78, 5) is 31.3. The number of benzene rings is 2. The maximum Gasteiger partial charge on any atom is 0.317 e.